The van der Waals surface area contributed by atoms with Gasteiger partial charge in [-0.15, -0.1) is 0 Å². The first-order valence-corrected chi connectivity index (χ1v) is 6.73. The van der Waals surface area contributed by atoms with Crippen molar-refractivity contribution in [3.63, 3.8) is 0 Å². The van der Waals surface area contributed by atoms with E-state index in [0.717, 1.165) is 23.4 Å². The van der Waals surface area contributed by atoms with Crippen LogP contribution in [-0.2, 0) is 0 Å². The molecule has 0 aliphatic rings. The number of carbonyl (C=O) groups excluding carboxylic acids is 1. The van der Waals surface area contributed by atoms with Gasteiger partial charge in [-0.25, -0.2) is 4.79 Å². The minimum Gasteiger partial charge on any atom is -0.378 e. The smallest absolute Gasteiger partial charge is 0.319 e. The molecule has 0 fully saturated rings. The number of rotatable bonds is 5. The first kappa shape index (κ1) is 15.3. The Morgan fingerprint density at radius 2 is 2.00 bits per heavy atom. The van der Waals surface area contributed by atoms with E-state index >= 15 is 0 Å². The fourth-order valence-electron chi connectivity index (χ4n) is 1.71. The van der Waals surface area contributed by atoms with E-state index in [1.165, 1.54) is 0 Å². The largest absolute Gasteiger partial charge is 0.378 e. The van der Waals surface area contributed by atoms with Gasteiger partial charge in [0.2, 0.25) is 0 Å². The van der Waals surface area contributed by atoms with E-state index in [0.29, 0.717) is 12.5 Å². The summed E-state index contributed by atoms with van der Waals surface area (Å²) in [5.74, 6) is 0.599. The van der Waals surface area contributed by atoms with Crippen molar-refractivity contribution in [2.45, 2.75) is 27.2 Å². The summed E-state index contributed by atoms with van der Waals surface area (Å²) in [7, 11) is 4.00. The number of aryl methyl sites for hydroxylation is 1. The predicted octanol–water partition coefficient (Wildman–Crippen LogP) is 3.23. The van der Waals surface area contributed by atoms with Gasteiger partial charge in [0.05, 0.1) is 0 Å². The Morgan fingerprint density at radius 1 is 1.32 bits per heavy atom. The lowest BCUT2D eigenvalue weighted by Crippen LogP contribution is -2.30. The Balaban J connectivity index is 2.55. The van der Waals surface area contributed by atoms with Gasteiger partial charge < -0.3 is 15.5 Å². The topological polar surface area (TPSA) is 44.4 Å². The maximum atomic E-state index is 11.7. The lowest BCUT2D eigenvalue weighted by Gasteiger charge is -2.16. The molecule has 2 N–H and O–H groups in total. The predicted molar refractivity (Wildman–Crippen MR) is 82.0 cm³/mol. The van der Waals surface area contributed by atoms with Gasteiger partial charge in [-0.3, -0.25) is 0 Å². The molecule has 0 atom stereocenters. The molecule has 4 nitrogen and oxygen atoms in total. The number of carbonyl (C=O) groups is 1. The zero-order valence-corrected chi connectivity index (χ0v) is 12.6. The summed E-state index contributed by atoms with van der Waals surface area (Å²) in [5, 5.41) is 5.75. The molecule has 1 aromatic rings. The Hall–Kier alpha value is -1.71. The maximum Gasteiger partial charge on any atom is 0.319 e. The molecule has 4 heteroatoms. The van der Waals surface area contributed by atoms with Crippen LogP contribution >= 0.6 is 0 Å². The van der Waals surface area contributed by atoms with Crippen LogP contribution in [0.1, 0.15) is 25.8 Å². The molecule has 1 aromatic carbocycles. The van der Waals surface area contributed by atoms with E-state index < -0.39 is 0 Å². The van der Waals surface area contributed by atoms with Crippen LogP contribution in [0.15, 0.2) is 18.2 Å². The minimum absolute atomic E-state index is 0.138. The highest BCUT2D eigenvalue weighted by atomic mass is 16.2. The second kappa shape index (κ2) is 7.02. The molecule has 0 aromatic heterocycles. The summed E-state index contributed by atoms with van der Waals surface area (Å²) in [6, 6.07) is 5.86. The fraction of sp³-hybridized carbons (Fsp3) is 0.533. The highest BCUT2D eigenvalue weighted by Crippen LogP contribution is 2.21. The molecule has 0 unspecified atom stereocenters. The summed E-state index contributed by atoms with van der Waals surface area (Å²) >= 11 is 0. The van der Waals surface area contributed by atoms with Crippen LogP contribution in [-0.4, -0.2) is 26.7 Å². The van der Waals surface area contributed by atoms with Crippen LogP contribution in [0.25, 0.3) is 0 Å². The van der Waals surface area contributed by atoms with Gasteiger partial charge in [-0.1, -0.05) is 13.8 Å². The second-order valence-electron chi connectivity index (χ2n) is 5.46. The minimum atomic E-state index is -0.138. The SMILES string of the molecule is Cc1cc(N(C)C)ccc1NC(=O)NCCC(C)C. The fourth-order valence-corrected chi connectivity index (χ4v) is 1.71. The van der Waals surface area contributed by atoms with Crippen LogP contribution in [0, 0.1) is 12.8 Å². The van der Waals surface area contributed by atoms with Crippen molar-refractivity contribution in [1.82, 2.24) is 5.32 Å². The molecular weight excluding hydrogens is 238 g/mol. The Morgan fingerprint density at radius 3 is 2.53 bits per heavy atom. The van der Waals surface area contributed by atoms with Gasteiger partial charge in [0.1, 0.15) is 0 Å². The molecular formula is C15H25N3O. The van der Waals surface area contributed by atoms with Crippen molar-refractivity contribution in [2.75, 3.05) is 30.9 Å². The molecule has 19 heavy (non-hydrogen) atoms. The Bertz CT molecular complexity index is 427. The van der Waals surface area contributed by atoms with E-state index in [1.807, 2.05) is 38.1 Å². The third-order valence-corrected chi connectivity index (χ3v) is 2.98. The third kappa shape index (κ3) is 5.20. The normalized spacial score (nSPS) is 10.4. The van der Waals surface area contributed by atoms with E-state index in [9.17, 15) is 4.79 Å². The van der Waals surface area contributed by atoms with Crippen LogP contribution in [0.2, 0.25) is 0 Å². The first-order valence-electron chi connectivity index (χ1n) is 6.73. The van der Waals surface area contributed by atoms with Crippen LogP contribution < -0.4 is 15.5 Å². The summed E-state index contributed by atoms with van der Waals surface area (Å²) in [5.41, 5.74) is 3.04. The summed E-state index contributed by atoms with van der Waals surface area (Å²) < 4.78 is 0. The molecule has 0 aliphatic heterocycles. The van der Waals surface area contributed by atoms with E-state index in [1.54, 1.807) is 0 Å². The summed E-state index contributed by atoms with van der Waals surface area (Å²) in [6.07, 6.45) is 0.992. The first-order chi connectivity index (χ1) is 8.90. The number of benzene rings is 1. The number of anilines is 2. The van der Waals surface area contributed by atoms with Crippen molar-refractivity contribution < 1.29 is 4.79 Å². The summed E-state index contributed by atoms with van der Waals surface area (Å²) in [4.78, 5) is 13.8. The number of nitrogens with one attached hydrogen (secondary N) is 2. The quantitative estimate of drug-likeness (QED) is 0.856. The van der Waals surface area contributed by atoms with E-state index in [2.05, 4.69) is 30.5 Å². The van der Waals surface area contributed by atoms with Crippen molar-refractivity contribution in [3.05, 3.63) is 23.8 Å². The number of urea groups is 1. The van der Waals surface area contributed by atoms with Crippen LogP contribution in [0.4, 0.5) is 16.2 Å². The van der Waals surface area contributed by atoms with Gasteiger partial charge in [-0.2, -0.15) is 0 Å². The van der Waals surface area contributed by atoms with Crippen molar-refractivity contribution in [3.8, 4) is 0 Å². The van der Waals surface area contributed by atoms with Gasteiger partial charge in [0.15, 0.2) is 0 Å². The van der Waals surface area contributed by atoms with E-state index in [-0.39, 0.29) is 6.03 Å². The lowest BCUT2D eigenvalue weighted by atomic mass is 10.1. The molecule has 106 valence electrons. The van der Waals surface area contributed by atoms with Gasteiger partial charge in [0, 0.05) is 32.0 Å². The number of nitrogens with zero attached hydrogens (tertiary/aromatic N) is 1. The number of hydrogen-bond acceptors (Lipinski definition) is 2. The maximum absolute atomic E-state index is 11.7. The van der Waals surface area contributed by atoms with E-state index in [4.69, 9.17) is 0 Å². The molecule has 0 aliphatic carbocycles. The molecule has 0 bridgehead atoms. The van der Waals surface area contributed by atoms with Crippen molar-refractivity contribution in [2.24, 2.45) is 5.92 Å². The zero-order chi connectivity index (χ0) is 14.4. The van der Waals surface area contributed by atoms with Crippen LogP contribution in [0.5, 0.6) is 0 Å². The number of hydrogen-bond donors (Lipinski definition) is 2. The van der Waals surface area contributed by atoms with Crippen molar-refractivity contribution in [1.29, 1.82) is 0 Å². The average Bonchev–Trinajstić information content (AvgIpc) is 2.31. The van der Waals surface area contributed by atoms with Crippen LogP contribution in [0.3, 0.4) is 0 Å². The highest BCUT2D eigenvalue weighted by Gasteiger charge is 2.05. The molecule has 0 saturated carbocycles. The molecule has 0 saturated heterocycles. The third-order valence-electron chi connectivity index (χ3n) is 2.98. The second-order valence-corrected chi connectivity index (χ2v) is 5.46. The van der Waals surface area contributed by atoms with Gasteiger partial charge in [-0.05, 0) is 43.0 Å². The monoisotopic (exact) mass is 263 g/mol. The standard InChI is InChI=1S/C15H25N3O/c1-11(2)8-9-16-15(19)17-14-7-6-13(18(4)5)10-12(14)3/h6-7,10-11H,8-9H2,1-5H3,(H2,16,17,19). The van der Waals surface area contributed by atoms with Gasteiger partial charge >= 0.3 is 6.03 Å². The molecule has 0 heterocycles. The van der Waals surface area contributed by atoms with Crippen molar-refractivity contribution >= 4 is 17.4 Å². The molecule has 0 radical (unpaired) electrons. The lowest BCUT2D eigenvalue weighted by molar-refractivity contribution is 0.251. The highest BCUT2D eigenvalue weighted by molar-refractivity contribution is 5.90. The Labute approximate surface area is 116 Å². The molecule has 0 spiro atoms. The average molecular weight is 263 g/mol. The number of amides is 2. The van der Waals surface area contributed by atoms with Gasteiger partial charge in [0.25, 0.3) is 0 Å². The molecule has 1 rings (SSSR count). The Kier molecular flexibility index (Phi) is 5.67. The zero-order valence-electron chi connectivity index (χ0n) is 12.6. The molecule has 2 amide bonds. The summed E-state index contributed by atoms with van der Waals surface area (Å²) in [6.45, 7) is 6.99.